The van der Waals surface area contributed by atoms with E-state index in [2.05, 4.69) is 9.97 Å². The maximum Gasteiger partial charge on any atom is 0.215 e. The van der Waals surface area contributed by atoms with E-state index < -0.39 is 26.7 Å². The lowest BCUT2D eigenvalue weighted by atomic mass is 10.0. The number of nitrogens with zero attached hydrogens (tertiary/aromatic N) is 2. The van der Waals surface area contributed by atoms with Crippen molar-refractivity contribution in [1.29, 1.82) is 0 Å². The summed E-state index contributed by atoms with van der Waals surface area (Å²) in [5.41, 5.74) is -1.87. The molecular weight excluding hydrogens is 237 g/mol. The van der Waals surface area contributed by atoms with Gasteiger partial charge in [-0.15, -0.1) is 0 Å². The number of primary sulfonamides is 1. The molecule has 1 heterocycles. The maximum absolute atomic E-state index is 12.6. The van der Waals surface area contributed by atoms with Crippen LogP contribution in [0.25, 0.3) is 0 Å². The summed E-state index contributed by atoms with van der Waals surface area (Å²) in [6.45, 7) is 2.43. The van der Waals surface area contributed by atoms with E-state index in [0.29, 0.717) is 0 Å². The van der Waals surface area contributed by atoms with Gasteiger partial charge in [0.2, 0.25) is 10.0 Å². The molecule has 8 heteroatoms. The monoisotopic (exact) mass is 249 g/mol. The Labute approximate surface area is 92.4 Å². The van der Waals surface area contributed by atoms with Gasteiger partial charge in [-0.05, 0) is 13.8 Å². The average molecular weight is 249 g/mol. The first-order valence-electron chi connectivity index (χ1n) is 4.37. The highest BCUT2D eigenvalue weighted by Gasteiger charge is 2.40. The zero-order valence-corrected chi connectivity index (χ0v) is 9.57. The summed E-state index contributed by atoms with van der Waals surface area (Å²) in [6, 6.07) is 0. The normalized spacial score (nSPS) is 17.8. The summed E-state index contributed by atoms with van der Waals surface area (Å²) in [5.74, 6) is -0.877. The van der Waals surface area contributed by atoms with Crippen LogP contribution in [0.5, 0.6) is 0 Å². The van der Waals surface area contributed by atoms with E-state index >= 15 is 0 Å². The molecule has 0 radical (unpaired) electrons. The van der Waals surface area contributed by atoms with Crippen molar-refractivity contribution in [3.05, 3.63) is 24.0 Å². The van der Waals surface area contributed by atoms with Gasteiger partial charge >= 0.3 is 0 Å². The maximum atomic E-state index is 12.6. The van der Waals surface area contributed by atoms with Crippen LogP contribution in [-0.4, -0.2) is 28.7 Å². The number of rotatable bonds is 3. The van der Waals surface area contributed by atoms with E-state index in [4.69, 9.17) is 5.14 Å². The van der Waals surface area contributed by atoms with E-state index in [1.54, 1.807) is 0 Å². The Morgan fingerprint density at radius 1 is 1.50 bits per heavy atom. The fourth-order valence-corrected chi connectivity index (χ4v) is 1.82. The van der Waals surface area contributed by atoms with Crippen molar-refractivity contribution in [3.8, 4) is 0 Å². The van der Waals surface area contributed by atoms with Gasteiger partial charge < -0.3 is 5.11 Å². The molecule has 1 aromatic rings. The first-order chi connectivity index (χ1) is 7.15. The summed E-state index contributed by atoms with van der Waals surface area (Å²) >= 11 is 0. The molecule has 0 amide bonds. The predicted octanol–water partition coefficient (Wildman–Crippen LogP) is -0.500. The van der Waals surface area contributed by atoms with Gasteiger partial charge in [0, 0.05) is 0 Å². The summed E-state index contributed by atoms with van der Waals surface area (Å²) in [6.07, 6.45) is 1.68. The van der Waals surface area contributed by atoms with Gasteiger partial charge in [-0.2, -0.15) is 0 Å². The van der Waals surface area contributed by atoms with Gasteiger partial charge in [0.05, 0.1) is 12.4 Å². The lowest BCUT2D eigenvalue weighted by Crippen LogP contribution is -2.44. The summed E-state index contributed by atoms with van der Waals surface area (Å²) in [4.78, 5) is 7.06. The number of hydrogen-bond acceptors (Lipinski definition) is 5. The summed E-state index contributed by atoms with van der Waals surface area (Å²) in [7, 11) is -3.94. The minimum Gasteiger partial charge on any atom is -0.381 e. The van der Waals surface area contributed by atoms with Crippen LogP contribution in [0.4, 0.5) is 4.39 Å². The first kappa shape index (κ1) is 12.9. The number of aromatic nitrogens is 2. The van der Waals surface area contributed by atoms with Gasteiger partial charge in [0.15, 0.2) is 11.6 Å². The molecule has 0 bridgehead atoms. The highest BCUT2D eigenvalue weighted by Crippen LogP contribution is 2.24. The Bertz CT molecular complexity index is 472. The molecule has 0 saturated carbocycles. The fraction of sp³-hybridized carbons (Fsp3) is 0.500. The van der Waals surface area contributed by atoms with E-state index in [-0.39, 0.29) is 5.82 Å². The van der Waals surface area contributed by atoms with Crippen molar-refractivity contribution < 1.29 is 17.9 Å². The second-order valence-corrected chi connectivity index (χ2v) is 5.49. The molecule has 90 valence electrons. The van der Waals surface area contributed by atoms with Crippen molar-refractivity contribution in [1.82, 2.24) is 9.97 Å². The minimum atomic E-state index is -3.94. The molecule has 2 atom stereocenters. The predicted molar refractivity (Wildman–Crippen MR) is 54.1 cm³/mol. The molecule has 0 aliphatic heterocycles. The van der Waals surface area contributed by atoms with Crippen LogP contribution < -0.4 is 5.14 Å². The van der Waals surface area contributed by atoms with E-state index in [1.807, 2.05) is 0 Å². The standard InChI is InChI=1S/C8H12FN3O3S/c1-5(16(10,14)15)8(2,13)7-11-3-6(9)4-12-7/h3-5,13H,1-2H3,(H2,10,14,15)/t5-,8-/m0/s1. The van der Waals surface area contributed by atoms with E-state index in [1.165, 1.54) is 13.8 Å². The minimum absolute atomic E-state index is 0.199. The molecule has 0 aliphatic rings. The van der Waals surface area contributed by atoms with Crippen LogP contribution in [0, 0.1) is 5.82 Å². The van der Waals surface area contributed by atoms with Crippen molar-refractivity contribution in [3.63, 3.8) is 0 Å². The largest absolute Gasteiger partial charge is 0.381 e. The second-order valence-electron chi connectivity index (χ2n) is 3.60. The second kappa shape index (κ2) is 4.04. The lowest BCUT2D eigenvalue weighted by Gasteiger charge is -2.26. The highest BCUT2D eigenvalue weighted by molar-refractivity contribution is 7.89. The van der Waals surface area contributed by atoms with Crippen molar-refractivity contribution in [2.24, 2.45) is 5.14 Å². The third kappa shape index (κ3) is 2.52. The molecule has 0 spiro atoms. The molecule has 6 nitrogen and oxygen atoms in total. The lowest BCUT2D eigenvalue weighted by molar-refractivity contribution is 0.0468. The Kier molecular flexibility index (Phi) is 3.27. The average Bonchev–Trinajstić information content (AvgIpc) is 2.16. The quantitative estimate of drug-likeness (QED) is 0.751. The number of halogens is 1. The van der Waals surface area contributed by atoms with Crippen molar-refractivity contribution in [2.45, 2.75) is 24.7 Å². The molecule has 1 rings (SSSR count). The molecule has 0 unspecified atom stereocenters. The number of sulfonamides is 1. The molecular formula is C8H12FN3O3S. The van der Waals surface area contributed by atoms with Gasteiger partial charge in [-0.1, -0.05) is 0 Å². The molecule has 0 aromatic carbocycles. The van der Waals surface area contributed by atoms with Gasteiger partial charge in [0.1, 0.15) is 10.9 Å². The Morgan fingerprint density at radius 2 is 1.94 bits per heavy atom. The molecule has 0 saturated heterocycles. The highest BCUT2D eigenvalue weighted by atomic mass is 32.2. The van der Waals surface area contributed by atoms with E-state index in [9.17, 15) is 17.9 Å². The zero-order chi connectivity index (χ0) is 12.6. The van der Waals surface area contributed by atoms with Gasteiger partial charge in [0.25, 0.3) is 0 Å². The summed E-state index contributed by atoms with van der Waals surface area (Å²) in [5, 5.41) is 13.6. The van der Waals surface area contributed by atoms with Crippen LogP contribution in [0.1, 0.15) is 19.7 Å². The third-order valence-electron chi connectivity index (χ3n) is 2.36. The Hall–Kier alpha value is -1.12. The number of hydrogen-bond donors (Lipinski definition) is 2. The third-order valence-corrected chi connectivity index (χ3v) is 3.80. The number of aliphatic hydroxyl groups is 1. The first-order valence-corrected chi connectivity index (χ1v) is 5.98. The van der Waals surface area contributed by atoms with Crippen LogP contribution in [-0.2, 0) is 15.6 Å². The molecule has 3 N–H and O–H groups in total. The zero-order valence-electron chi connectivity index (χ0n) is 8.75. The number of nitrogens with two attached hydrogens (primary N) is 1. The Balaban J connectivity index is 3.16. The van der Waals surface area contributed by atoms with Crippen molar-refractivity contribution in [2.75, 3.05) is 0 Å². The van der Waals surface area contributed by atoms with Gasteiger partial charge in [-0.3, -0.25) is 0 Å². The van der Waals surface area contributed by atoms with Crippen LogP contribution in [0.2, 0.25) is 0 Å². The Morgan fingerprint density at radius 3 is 2.31 bits per heavy atom. The smallest absolute Gasteiger partial charge is 0.215 e. The fourth-order valence-electron chi connectivity index (χ4n) is 1.08. The molecule has 16 heavy (non-hydrogen) atoms. The van der Waals surface area contributed by atoms with Crippen LogP contribution >= 0.6 is 0 Å². The topological polar surface area (TPSA) is 106 Å². The summed E-state index contributed by atoms with van der Waals surface area (Å²) < 4.78 is 34.8. The molecule has 1 aromatic heterocycles. The SMILES string of the molecule is C[C@@H]([C@](C)(O)c1ncc(F)cn1)S(N)(=O)=O. The van der Waals surface area contributed by atoms with Gasteiger partial charge in [-0.25, -0.2) is 27.9 Å². The molecule has 0 aliphatic carbocycles. The van der Waals surface area contributed by atoms with E-state index in [0.717, 1.165) is 12.4 Å². The van der Waals surface area contributed by atoms with Crippen LogP contribution in [0.3, 0.4) is 0 Å². The van der Waals surface area contributed by atoms with Crippen LogP contribution in [0.15, 0.2) is 12.4 Å². The molecule has 0 fully saturated rings. The van der Waals surface area contributed by atoms with Crippen molar-refractivity contribution >= 4 is 10.0 Å².